The smallest absolute Gasteiger partial charge is 0.437 e. The monoisotopic (exact) mass is 886 g/mol. The largest absolute Gasteiger partial charge is 0.444 e. The van der Waals surface area contributed by atoms with Gasteiger partial charge in [0.25, 0.3) is 11.4 Å². The number of non-ortho nitro benzene ring substituents is 2. The molecule has 0 aliphatic carbocycles. The Bertz CT molecular complexity index is 1990. The van der Waals surface area contributed by atoms with Crippen LogP contribution in [0.2, 0.25) is 0 Å². The lowest BCUT2D eigenvalue weighted by molar-refractivity contribution is -0.385. The van der Waals surface area contributed by atoms with E-state index in [2.05, 4.69) is 26.3 Å². The van der Waals surface area contributed by atoms with Gasteiger partial charge in [-0.15, -0.1) is 4.99 Å². The molecule has 344 valence electrons. The van der Waals surface area contributed by atoms with Crippen LogP contribution in [0.15, 0.2) is 53.5 Å². The average molecular weight is 887 g/mol. The van der Waals surface area contributed by atoms with Crippen LogP contribution in [0.3, 0.4) is 0 Å². The van der Waals surface area contributed by atoms with Crippen molar-refractivity contribution in [1.82, 2.24) is 36.0 Å². The van der Waals surface area contributed by atoms with Gasteiger partial charge in [0.2, 0.25) is 17.8 Å². The molecule has 24 nitrogen and oxygen atoms in total. The van der Waals surface area contributed by atoms with Crippen LogP contribution in [0.4, 0.5) is 30.6 Å². The number of carbonyl (C=O) groups is 6. The van der Waals surface area contributed by atoms with Gasteiger partial charge < -0.3 is 49.6 Å². The molecule has 4 N–H and O–H groups in total. The topological polar surface area (TPSA) is 296 Å². The summed E-state index contributed by atoms with van der Waals surface area (Å²) in [5, 5.41) is 32.3. The molecule has 63 heavy (non-hydrogen) atoms. The lowest BCUT2D eigenvalue weighted by Gasteiger charge is -2.40. The number of guanidine groups is 1. The number of nitro benzene ring substituents is 2. The van der Waals surface area contributed by atoms with Gasteiger partial charge in [0.1, 0.15) is 24.4 Å². The summed E-state index contributed by atoms with van der Waals surface area (Å²) in [6.07, 6.45) is -3.03. The molecule has 2 aliphatic rings. The summed E-state index contributed by atoms with van der Waals surface area (Å²) in [5.41, 5.74) is -0.559. The van der Waals surface area contributed by atoms with Crippen molar-refractivity contribution in [3.63, 3.8) is 0 Å². The second kappa shape index (κ2) is 22.7. The van der Waals surface area contributed by atoms with E-state index in [1.54, 1.807) is 32.7 Å². The molecule has 0 spiro atoms. The molecule has 2 saturated heterocycles. The number of alkyl carbamates (subject to hydrolysis) is 1. The van der Waals surface area contributed by atoms with E-state index in [-0.39, 0.29) is 68.3 Å². The Morgan fingerprint density at radius 1 is 0.714 bits per heavy atom. The Kier molecular flexibility index (Phi) is 18.1. The van der Waals surface area contributed by atoms with Crippen molar-refractivity contribution >= 4 is 53.5 Å². The number of nitrogens with zero attached hydrogens (tertiary/aromatic N) is 6. The quantitative estimate of drug-likeness (QED) is 0.0783. The molecule has 6 amide bonds. The zero-order valence-electron chi connectivity index (χ0n) is 36.3. The number of benzene rings is 2. The van der Waals surface area contributed by atoms with Crippen LogP contribution < -0.4 is 21.3 Å². The minimum atomic E-state index is -1.15. The van der Waals surface area contributed by atoms with Crippen molar-refractivity contribution in [1.29, 1.82) is 0 Å². The molecule has 0 saturated carbocycles. The van der Waals surface area contributed by atoms with Crippen LogP contribution in [0.25, 0.3) is 0 Å². The van der Waals surface area contributed by atoms with E-state index >= 15 is 0 Å². The molecule has 0 atom stereocenters. The van der Waals surface area contributed by atoms with Gasteiger partial charge >= 0.3 is 24.4 Å². The van der Waals surface area contributed by atoms with Crippen molar-refractivity contribution in [2.45, 2.75) is 78.0 Å². The normalized spacial score (nSPS) is 14.0. The number of rotatable bonds is 12. The summed E-state index contributed by atoms with van der Waals surface area (Å²) >= 11 is 0. The van der Waals surface area contributed by atoms with Gasteiger partial charge in [-0.05, 0) is 84.0 Å². The molecule has 2 fully saturated rings. The first-order chi connectivity index (χ1) is 29.4. The standard InChI is InChI=1S/C28H33N7O11.C11H21N3O3/c1-28(2,3)46-27(39)33-13-20(14-33)29-23(36)15-32(4)24(30-25(37)44-16-18-5-9-21(10-6-18)34(40)41)31-26(38)45-17-19-7-11-22(12-8-19)35(42)43;1-11(2,3)17-10(16)14-6-8(7-14)13-9(15)5-12-4/h5-12,20H,13-17H2,1-4H3,(H,29,36)(H,30,31,37,38);8,12H,5-7H2,1-4H3,(H,13,15). The molecule has 0 bridgehead atoms. The van der Waals surface area contributed by atoms with Gasteiger partial charge in [-0.2, -0.15) is 0 Å². The molecule has 2 aromatic carbocycles. The van der Waals surface area contributed by atoms with Crippen LogP contribution in [-0.4, -0.2) is 143 Å². The molecule has 4 rings (SSSR count). The number of ether oxygens (including phenoxy) is 4. The Hall–Kier alpha value is -7.11. The zero-order valence-corrected chi connectivity index (χ0v) is 36.3. The fourth-order valence-corrected chi connectivity index (χ4v) is 5.27. The Morgan fingerprint density at radius 3 is 1.52 bits per heavy atom. The van der Waals surface area contributed by atoms with Crippen LogP contribution >= 0.6 is 0 Å². The van der Waals surface area contributed by atoms with E-state index in [0.717, 1.165) is 4.90 Å². The molecule has 0 radical (unpaired) electrons. The number of hydrogen-bond donors (Lipinski definition) is 4. The fraction of sp³-hybridized carbons (Fsp3) is 0.513. The minimum absolute atomic E-state index is 0.0448. The molecule has 2 aliphatic heterocycles. The highest BCUT2D eigenvalue weighted by Crippen LogP contribution is 2.17. The predicted molar refractivity (Wildman–Crippen MR) is 223 cm³/mol. The van der Waals surface area contributed by atoms with Crippen molar-refractivity contribution in [2.75, 3.05) is 53.4 Å². The van der Waals surface area contributed by atoms with E-state index in [0.29, 0.717) is 30.8 Å². The lowest BCUT2D eigenvalue weighted by atomic mass is 10.1. The Morgan fingerprint density at radius 2 is 1.13 bits per heavy atom. The van der Waals surface area contributed by atoms with E-state index in [4.69, 9.17) is 18.9 Å². The number of amides is 6. The van der Waals surface area contributed by atoms with E-state index in [1.165, 1.54) is 60.5 Å². The van der Waals surface area contributed by atoms with Crippen molar-refractivity contribution < 1.29 is 57.6 Å². The maximum absolute atomic E-state index is 12.7. The van der Waals surface area contributed by atoms with Gasteiger partial charge in [0, 0.05) is 57.5 Å². The average Bonchev–Trinajstić information content (AvgIpc) is 3.14. The molecular formula is C39H54N10O14. The highest BCUT2D eigenvalue weighted by Gasteiger charge is 2.36. The summed E-state index contributed by atoms with van der Waals surface area (Å²) in [7, 11) is 3.08. The SMILES string of the molecule is CN(CC(=O)NC1CN(C(=O)OC(C)(C)C)C1)C(=NC(=O)OCc1ccc([N+](=O)[O-])cc1)NC(=O)OCc1ccc([N+](=O)[O-])cc1.CNCC(=O)NC1CN(C(=O)OC(C)(C)C)C1. The number of likely N-dealkylation sites (N-methyl/N-ethyl adjacent to an activating group) is 2. The van der Waals surface area contributed by atoms with E-state index < -0.39 is 51.2 Å². The van der Waals surface area contributed by atoms with E-state index in [9.17, 15) is 49.0 Å². The van der Waals surface area contributed by atoms with Crippen LogP contribution in [-0.2, 0) is 41.8 Å². The molecule has 2 aromatic rings. The second-order valence-electron chi connectivity index (χ2n) is 16.2. The minimum Gasteiger partial charge on any atom is -0.444 e. The number of hydrogen-bond acceptors (Lipinski definition) is 15. The fourth-order valence-electron chi connectivity index (χ4n) is 5.27. The number of aliphatic imine (C=N–C) groups is 1. The van der Waals surface area contributed by atoms with Crippen molar-refractivity contribution in [3.8, 4) is 0 Å². The number of nitro groups is 2. The summed E-state index contributed by atoms with van der Waals surface area (Å²) in [5.74, 6) is -0.966. The summed E-state index contributed by atoms with van der Waals surface area (Å²) in [4.78, 5) is 101. The lowest BCUT2D eigenvalue weighted by Crippen LogP contribution is -2.62. The second-order valence-corrected chi connectivity index (χ2v) is 16.2. The first-order valence-corrected chi connectivity index (χ1v) is 19.5. The van der Waals surface area contributed by atoms with Gasteiger partial charge in [-0.3, -0.25) is 35.1 Å². The Labute approximate surface area is 362 Å². The first kappa shape index (κ1) is 50.2. The highest BCUT2D eigenvalue weighted by molar-refractivity contribution is 6.00. The third kappa shape index (κ3) is 18.2. The predicted octanol–water partition coefficient (Wildman–Crippen LogP) is 3.03. The maximum atomic E-state index is 12.7. The number of likely N-dealkylation sites (tertiary alicyclic amines) is 2. The third-order valence-electron chi connectivity index (χ3n) is 8.31. The molecular weight excluding hydrogens is 832 g/mol. The van der Waals surface area contributed by atoms with Gasteiger partial charge in [-0.25, -0.2) is 19.2 Å². The molecule has 0 aromatic heterocycles. The number of nitrogens with one attached hydrogen (secondary N) is 4. The summed E-state index contributed by atoms with van der Waals surface area (Å²) in [6, 6.07) is 10.2. The molecule has 24 heteroatoms. The van der Waals surface area contributed by atoms with E-state index in [1.807, 2.05) is 20.8 Å². The van der Waals surface area contributed by atoms with Crippen molar-refractivity contribution in [2.24, 2.45) is 4.99 Å². The zero-order chi connectivity index (χ0) is 47.1. The molecule has 0 unspecified atom stereocenters. The van der Waals surface area contributed by atoms with Crippen LogP contribution in [0.5, 0.6) is 0 Å². The first-order valence-electron chi connectivity index (χ1n) is 19.5. The molecule has 2 heterocycles. The van der Waals surface area contributed by atoms with Crippen molar-refractivity contribution in [3.05, 3.63) is 79.9 Å². The summed E-state index contributed by atoms with van der Waals surface area (Å²) in [6.45, 7) is 11.6. The maximum Gasteiger partial charge on any atom is 0.437 e. The summed E-state index contributed by atoms with van der Waals surface area (Å²) < 4.78 is 20.7. The number of carbonyl (C=O) groups excluding carboxylic acids is 6. The highest BCUT2D eigenvalue weighted by atomic mass is 16.6. The van der Waals surface area contributed by atoms with Crippen LogP contribution in [0.1, 0.15) is 52.7 Å². The van der Waals surface area contributed by atoms with Crippen LogP contribution in [0, 0.1) is 20.2 Å². The Balaban J connectivity index is 0.000000519. The van der Waals surface area contributed by atoms with Gasteiger partial charge in [-0.1, -0.05) is 0 Å². The van der Waals surface area contributed by atoms with Gasteiger partial charge in [0.15, 0.2) is 0 Å². The van der Waals surface area contributed by atoms with Gasteiger partial charge in [0.05, 0.1) is 35.0 Å². The third-order valence-corrected chi connectivity index (χ3v) is 8.31.